The van der Waals surface area contributed by atoms with E-state index < -0.39 is 22.8 Å². The average Bonchev–Trinajstić information content (AvgIpc) is 3.67. The van der Waals surface area contributed by atoms with Gasteiger partial charge in [0.1, 0.15) is 0 Å². The molecular formula is C41H43Zr. The van der Waals surface area contributed by atoms with Gasteiger partial charge in [0.2, 0.25) is 0 Å². The van der Waals surface area contributed by atoms with E-state index in [1.807, 2.05) is 0 Å². The van der Waals surface area contributed by atoms with E-state index >= 15 is 0 Å². The Bertz CT molecular complexity index is 1720. The molecule has 0 aliphatic heterocycles. The summed E-state index contributed by atoms with van der Waals surface area (Å²) in [4.78, 5) is 0. The average molecular weight is 627 g/mol. The van der Waals surface area contributed by atoms with Gasteiger partial charge in [-0.2, -0.15) is 0 Å². The van der Waals surface area contributed by atoms with Crippen LogP contribution in [0.15, 0.2) is 120 Å². The fourth-order valence-corrected chi connectivity index (χ4v) is 11.3. The van der Waals surface area contributed by atoms with E-state index in [2.05, 4.69) is 131 Å². The van der Waals surface area contributed by atoms with Gasteiger partial charge in [0, 0.05) is 0 Å². The van der Waals surface area contributed by atoms with Crippen LogP contribution >= 0.6 is 0 Å². The second-order valence-corrected chi connectivity index (χ2v) is 15.0. The van der Waals surface area contributed by atoms with Crippen molar-refractivity contribution in [3.05, 3.63) is 153 Å². The Morgan fingerprint density at radius 1 is 0.857 bits per heavy atom. The zero-order valence-electron chi connectivity index (χ0n) is 25.8. The van der Waals surface area contributed by atoms with Crippen LogP contribution < -0.4 is 10.4 Å². The Morgan fingerprint density at radius 3 is 2.14 bits per heavy atom. The third-order valence-corrected chi connectivity index (χ3v) is 13.3. The molecule has 0 radical (unpaired) electrons. The van der Waals surface area contributed by atoms with Gasteiger partial charge >= 0.3 is 265 Å². The van der Waals surface area contributed by atoms with Crippen molar-refractivity contribution < 1.29 is 22.8 Å². The van der Waals surface area contributed by atoms with Gasteiger partial charge in [-0.1, -0.05) is 0 Å². The molecule has 0 heterocycles. The summed E-state index contributed by atoms with van der Waals surface area (Å²) in [6.07, 6.45) is 20.2. The second kappa shape index (κ2) is 12.8. The molecule has 1 heteroatoms. The number of benzene rings is 3. The van der Waals surface area contributed by atoms with E-state index in [9.17, 15) is 0 Å². The van der Waals surface area contributed by atoms with Gasteiger partial charge < -0.3 is 0 Å². The quantitative estimate of drug-likeness (QED) is 0.211. The third kappa shape index (κ3) is 5.24. The first kappa shape index (κ1) is 29.2. The van der Waals surface area contributed by atoms with Gasteiger partial charge in [-0.15, -0.1) is 0 Å². The molecule has 0 saturated heterocycles. The topological polar surface area (TPSA) is 0 Å². The summed E-state index contributed by atoms with van der Waals surface area (Å²) < 4.78 is 3.28. The van der Waals surface area contributed by atoms with Crippen LogP contribution in [-0.2, 0) is 35.6 Å². The Kier molecular flexibility index (Phi) is 8.88. The first-order valence-corrected chi connectivity index (χ1v) is 18.6. The summed E-state index contributed by atoms with van der Waals surface area (Å²) >= 11 is -1.28. The van der Waals surface area contributed by atoms with Gasteiger partial charge in [0.15, 0.2) is 0 Å². The normalized spacial score (nSPS) is 18.7. The summed E-state index contributed by atoms with van der Waals surface area (Å²) in [5.74, 6) is 0. The van der Waals surface area contributed by atoms with E-state index in [-0.39, 0.29) is 5.41 Å². The molecule has 0 nitrogen and oxygen atoms in total. The van der Waals surface area contributed by atoms with Gasteiger partial charge in [0.05, 0.1) is 0 Å². The Hall–Kier alpha value is -2.89. The molecular weight excluding hydrogens is 584 g/mol. The Morgan fingerprint density at radius 2 is 1.57 bits per heavy atom. The molecule has 6 rings (SSSR count). The van der Waals surface area contributed by atoms with Crippen LogP contribution in [-0.4, -0.2) is 3.21 Å². The SMILES string of the molecule is CCCc1cc(CC)cc2c1=C1C=CC(CC)(CCC)C(C3=CC=CC3)=C1[C]=2[Zr]=[C](c1ccccc1)c1ccccc1. The van der Waals surface area contributed by atoms with Crippen molar-refractivity contribution in [1.82, 2.24) is 0 Å². The number of aryl methyl sites for hydroxylation is 2. The fourth-order valence-electron chi connectivity index (χ4n) is 7.36. The van der Waals surface area contributed by atoms with Crippen molar-refractivity contribution in [2.24, 2.45) is 5.41 Å². The van der Waals surface area contributed by atoms with Crippen LogP contribution in [0.4, 0.5) is 0 Å². The molecule has 0 spiro atoms. The molecule has 42 heavy (non-hydrogen) atoms. The summed E-state index contributed by atoms with van der Waals surface area (Å²) in [7, 11) is 0. The molecule has 0 aromatic heterocycles. The molecule has 0 fully saturated rings. The molecule has 0 N–H and O–H groups in total. The van der Waals surface area contributed by atoms with Crippen LogP contribution in [0, 0.1) is 5.41 Å². The Balaban J connectivity index is 1.79. The summed E-state index contributed by atoms with van der Waals surface area (Å²) in [5, 5.41) is 3.10. The number of hydrogen-bond acceptors (Lipinski definition) is 0. The predicted octanol–water partition coefficient (Wildman–Crippen LogP) is 8.77. The zero-order valence-corrected chi connectivity index (χ0v) is 28.2. The van der Waals surface area contributed by atoms with Crippen molar-refractivity contribution >= 4 is 12.1 Å². The van der Waals surface area contributed by atoms with Crippen molar-refractivity contribution in [1.29, 1.82) is 0 Å². The first-order chi connectivity index (χ1) is 20.6. The van der Waals surface area contributed by atoms with Crippen LogP contribution in [0.3, 0.4) is 0 Å². The summed E-state index contributed by atoms with van der Waals surface area (Å²) in [6, 6.07) is 27.6. The molecule has 211 valence electrons. The molecule has 3 aliphatic carbocycles. The van der Waals surface area contributed by atoms with Gasteiger partial charge in [0.25, 0.3) is 0 Å². The number of fused-ring (bicyclic) bond motifs is 2. The molecule has 3 aliphatic rings. The number of hydrogen-bond donors (Lipinski definition) is 0. The minimum atomic E-state index is -1.28. The van der Waals surface area contributed by atoms with Crippen LogP contribution in [0.5, 0.6) is 0 Å². The summed E-state index contributed by atoms with van der Waals surface area (Å²) in [6.45, 7) is 9.43. The van der Waals surface area contributed by atoms with Crippen LogP contribution in [0.25, 0.3) is 8.85 Å². The van der Waals surface area contributed by atoms with Gasteiger partial charge in [-0.3, -0.25) is 0 Å². The molecule has 1 atom stereocenters. The molecule has 3 aromatic carbocycles. The van der Waals surface area contributed by atoms with Gasteiger partial charge in [-0.25, -0.2) is 0 Å². The first-order valence-electron chi connectivity index (χ1n) is 16.1. The van der Waals surface area contributed by atoms with E-state index in [1.54, 1.807) is 39.2 Å². The number of rotatable bonds is 10. The van der Waals surface area contributed by atoms with E-state index in [4.69, 9.17) is 0 Å². The van der Waals surface area contributed by atoms with E-state index in [1.165, 1.54) is 41.5 Å². The monoisotopic (exact) mass is 625 g/mol. The maximum absolute atomic E-state index is 2.62. The van der Waals surface area contributed by atoms with Gasteiger partial charge in [-0.05, 0) is 0 Å². The van der Waals surface area contributed by atoms with E-state index in [0.29, 0.717) is 0 Å². The molecule has 1 unspecified atom stereocenters. The predicted molar refractivity (Wildman–Crippen MR) is 178 cm³/mol. The molecule has 0 bridgehead atoms. The fraction of sp³-hybridized carbons (Fsp3) is 0.293. The van der Waals surface area contributed by atoms with Crippen molar-refractivity contribution in [3.63, 3.8) is 0 Å². The van der Waals surface area contributed by atoms with Crippen LogP contribution in [0.1, 0.15) is 82.1 Å². The summed E-state index contributed by atoms with van der Waals surface area (Å²) in [5.41, 5.74) is 12.2. The minimum absolute atomic E-state index is 0.0936. The maximum atomic E-state index is 2.62. The van der Waals surface area contributed by atoms with Crippen molar-refractivity contribution in [2.75, 3.05) is 0 Å². The molecule has 3 aromatic rings. The standard InChI is InChI=1S/C28H33.C13H10.Zr/c1-5-11-22-17-20(7-3)18-23-19-25-24(26(22)23)14-16-28(8-4,15-6-2)27(25)21-12-9-10-13-21;1-3-7-12(8-4-1)11-13-9-5-2-6-10-13;/h9-10,12,14,16-18H,5-8,11,13,15H2,1-4H3;1-10H;. The molecule has 0 saturated carbocycles. The second-order valence-electron chi connectivity index (χ2n) is 12.0. The number of allylic oxidation sites excluding steroid dienone is 8. The molecule has 0 amide bonds. The Labute approximate surface area is 264 Å². The zero-order chi connectivity index (χ0) is 29.1. The van der Waals surface area contributed by atoms with Crippen molar-refractivity contribution in [2.45, 2.75) is 72.6 Å². The van der Waals surface area contributed by atoms with E-state index in [0.717, 1.165) is 25.7 Å². The van der Waals surface area contributed by atoms with Crippen LogP contribution in [0.2, 0.25) is 0 Å². The van der Waals surface area contributed by atoms with Crippen molar-refractivity contribution in [3.8, 4) is 0 Å². The third-order valence-electron chi connectivity index (χ3n) is 9.38.